The van der Waals surface area contributed by atoms with Crippen molar-refractivity contribution in [3.63, 3.8) is 0 Å². The highest BCUT2D eigenvalue weighted by atomic mass is 32.2. The van der Waals surface area contributed by atoms with E-state index in [4.69, 9.17) is 0 Å². The van der Waals surface area contributed by atoms with Gasteiger partial charge in [-0.15, -0.1) is 11.8 Å². The second-order valence-corrected chi connectivity index (χ2v) is 12.9. The molecule has 3 heterocycles. The highest BCUT2D eigenvalue weighted by molar-refractivity contribution is 8.02. The maximum absolute atomic E-state index is 14.2. The molecule has 1 aromatic rings. The van der Waals surface area contributed by atoms with Crippen molar-refractivity contribution in [3.05, 3.63) is 35.9 Å². The lowest BCUT2D eigenvalue weighted by molar-refractivity contribution is -0.144. The van der Waals surface area contributed by atoms with Crippen LogP contribution in [0.15, 0.2) is 30.3 Å². The number of aliphatic hydroxyl groups excluding tert-OH is 1. The van der Waals surface area contributed by atoms with E-state index in [2.05, 4.69) is 17.6 Å². The van der Waals surface area contributed by atoms with E-state index in [0.717, 1.165) is 18.4 Å². The third-order valence-corrected chi connectivity index (χ3v) is 10.3. The number of carbonyl (C=O) groups excluding carboxylic acids is 3. The quantitative estimate of drug-likeness (QED) is 0.483. The number of hydrogen-bond acceptors (Lipinski definition) is 5. The maximum atomic E-state index is 14.2. The monoisotopic (exact) mass is 501 g/mol. The molecule has 3 fully saturated rings. The zero-order valence-electron chi connectivity index (χ0n) is 21.4. The van der Waals surface area contributed by atoms with Gasteiger partial charge in [0.05, 0.1) is 29.2 Å². The van der Waals surface area contributed by atoms with Gasteiger partial charge in [-0.2, -0.15) is 0 Å². The fourth-order valence-electron chi connectivity index (χ4n) is 6.49. The summed E-state index contributed by atoms with van der Waals surface area (Å²) < 4.78 is -1.07. The van der Waals surface area contributed by atoms with Crippen molar-refractivity contribution in [3.8, 4) is 0 Å². The number of amides is 3. The summed E-state index contributed by atoms with van der Waals surface area (Å²) in [5.41, 5.74) is 1.00. The van der Waals surface area contributed by atoms with E-state index in [0.29, 0.717) is 13.0 Å². The van der Waals surface area contributed by atoms with Gasteiger partial charge in [0.25, 0.3) is 0 Å². The molecule has 35 heavy (non-hydrogen) atoms. The molecule has 7 nitrogen and oxygen atoms in total. The molecule has 1 spiro atoms. The Kier molecular flexibility index (Phi) is 7.26. The van der Waals surface area contributed by atoms with Crippen LogP contribution >= 0.6 is 11.8 Å². The third kappa shape index (κ3) is 4.26. The second-order valence-electron chi connectivity index (χ2n) is 11.0. The fourth-order valence-corrected chi connectivity index (χ4v) is 8.84. The molecule has 7 atom stereocenters. The van der Waals surface area contributed by atoms with Gasteiger partial charge in [0.2, 0.25) is 17.7 Å². The zero-order valence-corrected chi connectivity index (χ0v) is 22.2. The Balaban J connectivity index is 1.71. The molecule has 192 valence electrons. The second kappa shape index (κ2) is 9.77. The SMILES string of the molecule is CC[C@H](C)[C@H](CO)N1C(=O)[C@@H]2[C@H](C(=O)NCc3ccccc3)[C@]3(C)CCC2(S3)C1C(=O)NC(C)C. The van der Waals surface area contributed by atoms with Gasteiger partial charge in [-0.3, -0.25) is 14.4 Å². The van der Waals surface area contributed by atoms with Crippen molar-refractivity contribution >= 4 is 29.5 Å². The number of carbonyl (C=O) groups is 3. The van der Waals surface area contributed by atoms with Gasteiger partial charge in [-0.25, -0.2) is 0 Å². The molecule has 3 aliphatic heterocycles. The average Bonchev–Trinajstić information content (AvgIpc) is 3.39. The zero-order chi connectivity index (χ0) is 25.5. The number of nitrogens with one attached hydrogen (secondary N) is 2. The number of benzene rings is 1. The van der Waals surface area contributed by atoms with Gasteiger partial charge in [-0.05, 0) is 45.1 Å². The van der Waals surface area contributed by atoms with Crippen LogP contribution in [0, 0.1) is 17.8 Å². The van der Waals surface area contributed by atoms with E-state index in [9.17, 15) is 19.5 Å². The van der Waals surface area contributed by atoms with E-state index in [-0.39, 0.29) is 36.3 Å². The van der Waals surface area contributed by atoms with Gasteiger partial charge in [0.15, 0.2) is 0 Å². The lowest BCUT2D eigenvalue weighted by Crippen LogP contribution is -2.58. The topological polar surface area (TPSA) is 98.7 Å². The van der Waals surface area contributed by atoms with Crippen LogP contribution in [0.25, 0.3) is 0 Å². The highest BCUT2D eigenvalue weighted by Crippen LogP contribution is 2.71. The van der Waals surface area contributed by atoms with Crippen LogP contribution in [0.4, 0.5) is 0 Å². The summed E-state index contributed by atoms with van der Waals surface area (Å²) in [6.45, 7) is 10.1. The highest BCUT2D eigenvalue weighted by Gasteiger charge is 2.77. The molecule has 0 aliphatic carbocycles. The molecule has 3 amide bonds. The van der Waals surface area contributed by atoms with Crippen molar-refractivity contribution in [2.24, 2.45) is 17.8 Å². The lowest BCUT2D eigenvalue weighted by atomic mass is 9.66. The summed E-state index contributed by atoms with van der Waals surface area (Å²) in [6, 6.07) is 8.50. The normalized spacial score (nSPS) is 33.1. The van der Waals surface area contributed by atoms with E-state index in [1.807, 2.05) is 58.0 Å². The molecule has 0 aromatic heterocycles. The molecule has 0 radical (unpaired) electrons. The molecule has 8 heteroatoms. The minimum absolute atomic E-state index is 0.0247. The molecule has 4 rings (SSSR count). The molecule has 1 aromatic carbocycles. The van der Waals surface area contributed by atoms with Crippen LogP contribution in [0.3, 0.4) is 0 Å². The third-order valence-electron chi connectivity index (χ3n) is 8.33. The first-order valence-electron chi connectivity index (χ1n) is 12.8. The number of fused-ring (bicyclic) bond motifs is 1. The van der Waals surface area contributed by atoms with Crippen LogP contribution in [-0.4, -0.2) is 62.0 Å². The van der Waals surface area contributed by atoms with Gasteiger partial charge in [0, 0.05) is 17.3 Å². The number of likely N-dealkylation sites (tertiary alicyclic amines) is 1. The van der Waals surface area contributed by atoms with Crippen molar-refractivity contribution < 1.29 is 19.5 Å². The summed E-state index contributed by atoms with van der Waals surface area (Å²) in [4.78, 5) is 43.1. The standard InChI is InChI=1S/C27H39N3O4S/c1-6-17(4)19(15-31)30-22(24(33)29-16(2)3)27-13-12-26(5,35-27)20(21(27)25(30)34)23(32)28-14-18-10-8-7-9-11-18/h7-11,16-17,19-22,31H,6,12-15H2,1-5H3,(H,28,32)(H,29,33)/t17-,19-,20+,21-,22?,26-,27?/m0/s1. The minimum Gasteiger partial charge on any atom is -0.394 e. The van der Waals surface area contributed by atoms with Crippen LogP contribution in [0.2, 0.25) is 0 Å². The fraction of sp³-hybridized carbons (Fsp3) is 0.667. The van der Waals surface area contributed by atoms with Gasteiger partial charge < -0.3 is 20.6 Å². The Bertz CT molecular complexity index is 972. The number of thioether (sulfide) groups is 1. The summed E-state index contributed by atoms with van der Waals surface area (Å²) in [6.07, 6.45) is 2.26. The molecule has 3 aliphatic rings. The maximum Gasteiger partial charge on any atom is 0.244 e. The van der Waals surface area contributed by atoms with Crippen LogP contribution in [-0.2, 0) is 20.9 Å². The Hall–Kier alpha value is -2.06. The Morgan fingerprint density at radius 3 is 2.46 bits per heavy atom. The molecule has 3 N–H and O–H groups in total. The Morgan fingerprint density at radius 2 is 1.86 bits per heavy atom. The first-order chi connectivity index (χ1) is 16.6. The number of nitrogens with zero attached hydrogens (tertiary/aromatic N) is 1. The van der Waals surface area contributed by atoms with Crippen LogP contribution < -0.4 is 10.6 Å². The van der Waals surface area contributed by atoms with Gasteiger partial charge in [0.1, 0.15) is 6.04 Å². The predicted octanol–water partition coefficient (Wildman–Crippen LogP) is 2.72. The van der Waals surface area contributed by atoms with Crippen molar-refractivity contribution in [2.75, 3.05) is 6.61 Å². The molecule has 3 saturated heterocycles. The molecule has 0 saturated carbocycles. The minimum atomic E-state index is -0.702. The first-order valence-corrected chi connectivity index (χ1v) is 13.7. The summed E-state index contributed by atoms with van der Waals surface area (Å²) in [7, 11) is 0. The number of rotatable bonds is 9. The van der Waals surface area contributed by atoms with Crippen LogP contribution in [0.5, 0.6) is 0 Å². The predicted molar refractivity (Wildman–Crippen MR) is 137 cm³/mol. The first kappa shape index (κ1) is 26.0. The molecule has 2 unspecified atom stereocenters. The largest absolute Gasteiger partial charge is 0.394 e. The van der Waals surface area contributed by atoms with Crippen LogP contribution in [0.1, 0.15) is 59.4 Å². The molecule has 2 bridgehead atoms. The molecular formula is C27H39N3O4S. The van der Waals surface area contributed by atoms with E-state index in [1.165, 1.54) is 0 Å². The summed E-state index contributed by atoms with van der Waals surface area (Å²) >= 11 is 1.66. The summed E-state index contributed by atoms with van der Waals surface area (Å²) in [5.74, 6) is -1.55. The van der Waals surface area contributed by atoms with Gasteiger partial charge in [-0.1, -0.05) is 50.6 Å². The Morgan fingerprint density at radius 1 is 1.17 bits per heavy atom. The Labute approximate surface area is 212 Å². The van der Waals surface area contributed by atoms with E-state index < -0.39 is 33.4 Å². The lowest BCUT2D eigenvalue weighted by Gasteiger charge is -2.39. The van der Waals surface area contributed by atoms with Gasteiger partial charge >= 0.3 is 0 Å². The van der Waals surface area contributed by atoms with Crippen molar-refractivity contribution in [2.45, 2.75) is 88.0 Å². The van der Waals surface area contributed by atoms with E-state index in [1.54, 1.807) is 16.7 Å². The number of aliphatic hydroxyl groups is 1. The van der Waals surface area contributed by atoms with Crippen molar-refractivity contribution in [1.29, 1.82) is 0 Å². The average molecular weight is 502 g/mol. The smallest absolute Gasteiger partial charge is 0.244 e. The van der Waals surface area contributed by atoms with Crippen molar-refractivity contribution in [1.82, 2.24) is 15.5 Å². The number of hydrogen-bond donors (Lipinski definition) is 3. The molecular weight excluding hydrogens is 462 g/mol. The summed E-state index contributed by atoms with van der Waals surface area (Å²) in [5, 5.41) is 16.5. The van der Waals surface area contributed by atoms with E-state index >= 15 is 0 Å².